The molecule has 0 radical (unpaired) electrons. The summed E-state index contributed by atoms with van der Waals surface area (Å²) in [6.07, 6.45) is 0. The Morgan fingerprint density at radius 3 is 0.375 bits per heavy atom. The summed E-state index contributed by atoms with van der Waals surface area (Å²) >= 11 is 0. The lowest BCUT2D eigenvalue weighted by Gasteiger charge is -1.91. The SMILES string of the molecule is O=[P+](O)O.O[Si](O)(O)O.O[Si](O)(O)O.O[Si](O)(O)O.O[Si](O)(O)O. The molecule has 0 spiro atoms. The first-order valence-corrected chi connectivity index (χ1v) is 12.5. The van der Waals surface area contributed by atoms with E-state index in [1.54, 1.807) is 0 Å². The van der Waals surface area contributed by atoms with Crippen LogP contribution in [0.25, 0.3) is 0 Å². The van der Waals surface area contributed by atoms with Crippen molar-refractivity contribution in [1.82, 2.24) is 0 Å². The van der Waals surface area contributed by atoms with Gasteiger partial charge in [0.05, 0.1) is 0 Å². The summed E-state index contributed by atoms with van der Waals surface area (Å²) in [7, 11) is -21.3. The Kier molecular flexibility index (Phi) is 22.8. The summed E-state index contributed by atoms with van der Waals surface area (Å²) in [6.45, 7) is 0. The van der Waals surface area contributed by atoms with Crippen molar-refractivity contribution in [2.75, 3.05) is 0 Å². The molecule has 0 bridgehead atoms. The van der Waals surface area contributed by atoms with Gasteiger partial charge in [0.2, 0.25) is 0 Å². The van der Waals surface area contributed by atoms with E-state index in [0.717, 1.165) is 0 Å². The van der Waals surface area contributed by atoms with Gasteiger partial charge in [-0.15, -0.1) is 9.79 Å². The predicted octanol–water partition coefficient (Wildman–Crippen LogP) is -10.8. The first-order valence-electron chi connectivity index (χ1n) is 4.16. The van der Waals surface area contributed by atoms with Crippen LogP contribution in [0.15, 0.2) is 0 Å². The van der Waals surface area contributed by atoms with E-state index >= 15 is 0 Å². The molecule has 0 fully saturated rings. The average Bonchev–Trinajstić information content (AvgIpc) is 1.82. The summed E-state index contributed by atoms with van der Waals surface area (Å²) in [4.78, 5) is 131. The fourth-order valence-electron chi connectivity index (χ4n) is 0. The fourth-order valence-corrected chi connectivity index (χ4v) is 0. The van der Waals surface area contributed by atoms with E-state index in [4.69, 9.17) is 91.1 Å². The second kappa shape index (κ2) is 15.5. The zero-order chi connectivity index (χ0) is 21.6. The van der Waals surface area contributed by atoms with Crippen molar-refractivity contribution in [3.8, 4) is 0 Å². The first kappa shape index (κ1) is 35.4. The summed E-state index contributed by atoms with van der Waals surface area (Å²) in [6, 6.07) is 0. The minimum absolute atomic E-state index is 2.87. The molecule has 0 rings (SSSR count). The number of rotatable bonds is 0. The Labute approximate surface area is 136 Å². The van der Waals surface area contributed by atoms with E-state index in [0.29, 0.717) is 0 Å². The summed E-state index contributed by atoms with van der Waals surface area (Å²) in [5, 5.41) is 0. The molecule has 0 aliphatic heterocycles. The number of hydrogen-bond acceptors (Lipinski definition) is 17. The van der Waals surface area contributed by atoms with Crippen molar-refractivity contribution >= 4 is 44.4 Å². The highest BCUT2D eigenvalue weighted by Crippen LogP contribution is 1.98. The van der Waals surface area contributed by atoms with Crippen molar-refractivity contribution in [2.45, 2.75) is 0 Å². The maximum absolute atomic E-state index is 8.70. The van der Waals surface area contributed by atoms with Gasteiger partial charge in [0.25, 0.3) is 0 Å². The van der Waals surface area contributed by atoms with E-state index in [9.17, 15) is 0 Å². The Morgan fingerprint density at radius 1 is 0.375 bits per heavy atom. The zero-order valence-corrected chi connectivity index (χ0v) is 15.8. The zero-order valence-electron chi connectivity index (χ0n) is 10.9. The van der Waals surface area contributed by atoms with Crippen LogP contribution in [0.5, 0.6) is 0 Å². The highest BCUT2D eigenvalue weighted by molar-refractivity contribution is 7.30. The van der Waals surface area contributed by atoms with Gasteiger partial charge in [0, 0.05) is 4.57 Å². The van der Waals surface area contributed by atoms with E-state index in [1.165, 1.54) is 0 Å². The molecule has 0 saturated heterocycles. The van der Waals surface area contributed by atoms with Crippen LogP contribution in [0.2, 0.25) is 0 Å². The molecule has 18 N–H and O–H groups in total. The topological polar surface area (TPSA) is 381 Å². The van der Waals surface area contributed by atoms with Gasteiger partial charge in [-0.3, -0.25) is 0 Å². The molecule has 0 amide bonds. The molecule has 0 saturated carbocycles. The Morgan fingerprint density at radius 2 is 0.375 bits per heavy atom. The molecule has 0 aliphatic rings. The molecule has 152 valence electrons. The van der Waals surface area contributed by atoms with Gasteiger partial charge in [-0.1, -0.05) is 0 Å². The largest absolute Gasteiger partial charge is 0.692 e. The summed E-state index contributed by atoms with van der Waals surface area (Å²) in [5.74, 6) is 0. The molecule has 0 aromatic rings. The summed E-state index contributed by atoms with van der Waals surface area (Å²) < 4.78 is 8.70. The first-order chi connectivity index (χ1) is 9.73. The molecule has 0 aromatic heterocycles. The summed E-state index contributed by atoms with van der Waals surface area (Å²) in [5.41, 5.74) is 0. The van der Waals surface area contributed by atoms with Crippen molar-refractivity contribution in [1.29, 1.82) is 0 Å². The standard InChI is InChI=1S/4H4O4Si.HO3P/c4*1-5(2,3)4;1-4(2)3/h4*1-4H;(H-,1,2,3)/p+1. The molecule has 24 heavy (non-hydrogen) atoms. The molecule has 0 aromatic carbocycles. The molecular weight excluding hydrogens is 447 g/mol. The van der Waals surface area contributed by atoms with Crippen LogP contribution in [0, 0.1) is 0 Å². The monoisotopic (exact) mass is 465 g/mol. The lowest BCUT2D eigenvalue weighted by Crippen LogP contribution is -2.33. The van der Waals surface area contributed by atoms with Crippen LogP contribution in [-0.4, -0.2) is 123 Å². The van der Waals surface area contributed by atoms with E-state index in [2.05, 4.69) is 0 Å². The van der Waals surface area contributed by atoms with Crippen LogP contribution in [0.1, 0.15) is 0 Å². The highest BCUT2D eigenvalue weighted by atomic mass is 31.1. The van der Waals surface area contributed by atoms with Gasteiger partial charge in [0.15, 0.2) is 0 Å². The van der Waals surface area contributed by atoms with Crippen molar-refractivity contribution in [3.05, 3.63) is 0 Å². The van der Waals surface area contributed by atoms with Crippen LogP contribution in [0.3, 0.4) is 0 Å². The molecule has 0 heterocycles. The van der Waals surface area contributed by atoms with Crippen molar-refractivity contribution in [2.24, 2.45) is 0 Å². The fraction of sp³-hybridized carbons (Fsp3) is 0. The lowest BCUT2D eigenvalue weighted by molar-refractivity contribution is 0.115. The Bertz CT molecular complexity index is 198. The third-order valence-corrected chi connectivity index (χ3v) is 0. The highest BCUT2D eigenvalue weighted by Gasteiger charge is 2.23. The van der Waals surface area contributed by atoms with E-state index in [-0.39, 0.29) is 0 Å². The minimum atomic E-state index is -4.61. The van der Waals surface area contributed by atoms with Gasteiger partial charge < -0.3 is 76.7 Å². The van der Waals surface area contributed by atoms with Crippen LogP contribution >= 0.6 is 8.25 Å². The van der Waals surface area contributed by atoms with Gasteiger partial charge >= 0.3 is 44.4 Å². The molecule has 24 heteroatoms. The normalized spacial score (nSPS) is 11.1. The average molecular weight is 465 g/mol. The predicted molar refractivity (Wildman–Crippen MR) is 70.6 cm³/mol. The quantitative estimate of drug-likeness (QED) is 0.116. The Hall–Kier alpha value is 0.248. The second-order valence-electron chi connectivity index (χ2n) is 2.65. The third kappa shape index (κ3) is 164000. The number of hydrogen-bond donors (Lipinski definition) is 18. The van der Waals surface area contributed by atoms with Crippen LogP contribution in [-0.2, 0) is 4.57 Å². The van der Waals surface area contributed by atoms with Crippen LogP contribution < -0.4 is 0 Å². The van der Waals surface area contributed by atoms with Gasteiger partial charge in [-0.2, -0.15) is 0 Å². The lowest BCUT2D eigenvalue weighted by atomic mass is 15.7. The second-order valence-corrected chi connectivity index (χ2v) is 7.96. The minimum Gasteiger partial charge on any atom is -0.368 e. The smallest absolute Gasteiger partial charge is 0.368 e. The Balaban J connectivity index is -0.0000000628. The van der Waals surface area contributed by atoms with Crippen molar-refractivity contribution < 1.29 is 91.1 Å². The molecule has 19 nitrogen and oxygen atoms in total. The maximum atomic E-state index is 8.70. The van der Waals surface area contributed by atoms with Crippen LogP contribution in [0.4, 0.5) is 0 Å². The molecule has 0 atom stereocenters. The molecule has 0 unspecified atom stereocenters. The van der Waals surface area contributed by atoms with E-state index < -0.39 is 44.4 Å². The molecular formula is H18O19PSi4+. The van der Waals surface area contributed by atoms with Crippen molar-refractivity contribution in [3.63, 3.8) is 0 Å². The maximum Gasteiger partial charge on any atom is 0.692 e. The molecule has 0 aliphatic carbocycles. The van der Waals surface area contributed by atoms with Gasteiger partial charge in [0.1, 0.15) is 0 Å². The van der Waals surface area contributed by atoms with E-state index in [1.807, 2.05) is 0 Å². The van der Waals surface area contributed by atoms with Gasteiger partial charge in [-0.25, -0.2) is 0 Å². The van der Waals surface area contributed by atoms with Gasteiger partial charge in [-0.05, 0) is 0 Å². The third-order valence-electron chi connectivity index (χ3n) is 0.